The molecular formula is C18H24N2O3. The fourth-order valence-electron chi connectivity index (χ4n) is 4.76. The van der Waals surface area contributed by atoms with E-state index in [0.717, 1.165) is 13.0 Å². The van der Waals surface area contributed by atoms with Gasteiger partial charge in [0.25, 0.3) is 5.91 Å². The second-order valence-electron chi connectivity index (χ2n) is 7.00. The number of ether oxygens (including phenoxy) is 2. The zero-order chi connectivity index (χ0) is 15.8. The number of aromatic nitrogens is 1. The quantitative estimate of drug-likeness (QED) is 0.927. The summed E-state index contributed by atoms with van der Waals surface area (Å²) in [6.45, 7) is 0.841. The lowest BCUT2D eigenvalue weighted by atomic mass is 9.61. The first-order valence-electron chi connectivity index (χ1n) is 8.70. The molecule has 4 atom stereocenters. The highest BCUT2D eigenvalue weighted by Gasteiger charge is 2.57. The molecule has 1 saturated heterocycles. The second-order valence-corrected chi connectivity index (χ2v) is 7.00. The summed E-state index contributed by atoms with van der Waals surface area (Å²) in [6.07, 6.45) is 8.26. The van der Waals surface area contributed by atoms with Crippen molar-refractivity contribution in [2.75, 3.05) is 13.7 Å². The van der Waals surface area contributed by atoms with Crippen molar-refractivity contribution in [1.82, 2.24) is 10.3 Å². The minimum Gasteiger partial charge on any atom is -0.481 e. The van der Waals surface area contributed by atoms with Gasteiger partial charge < -0.3 is 14.8 Å². The topological polar surface area (TPSA) is 60.5 Å². The van der Waals surface area contributed by atoms with Crippen molar-refractivity contribution in [2.45, 2.75) is 44.2 Å². The number of pyridine rings is 1. The number of nitrogens with one attached hydrogen (secondary N) is 1. The maximum atomic E-state index is 12.6. The maximum Gasteiger partial charge on any atom is 0.251 e. The zero-order valence-electron chi connectivity index (χ0n) is 13.5. The van der Waals surface area contributed by atoms with Crippen LogP contribution in [0, 0.1) is 17.8 Å². The summed E-state index contributed by atoms with van der Waals surface area (Å²) in [5, 5.41) is 3.28. The summed E-state index contributed by atoms with van der Waals surface area (Å²) in [5.41, 5.74) is 0.615. The normalized spacial score (nSPS) is 33.1. The fraction of sp³-hybridized carbons (Fsp3) is 0.667. The number of nitrogens with zero attached hydrogens (tertiary/aromatic N) is 1. The van der Waals surface area contributed by atoms with E-state index in [4.69, 9.17) is 9.47 Å². The first-order chi connectivity index (χ1) is 11.3. The predicted molar refractivity (Wildman–Crippen MR) is 85.3 cm³/mol. The van der Waals surface area contributed by atoms with Gasteiger partial charge in [-0.3, -0.25) is 4.79 Å². The first-order valence-corrected chi connectivity index (χ1v) is 8.70. The largest absolute Gasteiger partial charge is 0.481 e. The molecule has 0 spiro atoms. The molecule has 0 radical (unpaired) electrons. The number of rotatable bonds is 4. The number of carbonyl (C=O) groups is 1. The highest BCUT2D eigenvalue weighted by Crippen LogP contribution is 2.51. The van der Waals surface area contributed by atoms with Crippen LogP contribution >= 0.6 is 0 Å². The van der Waals surface area contributed by atoms with Crippen molar-refractivity contribution < 1.29 is 14.3 Å². The lowest BCUT2D eigenvalue weighted by Crippen LogP contribution is -2.63. The van der Waals surface area contributed by atoms with Crippen LogP contribution in [0.25, 0.3) is 0 Å². The number of hydrogen-bond donors (Lipinski definition) is 1. The van der Waals surface area contributed by atoms with Crippen LogP contribution in [0.3, 0.4) is 0 Å². The standard InChI is InChI=1S/C18H24N2O3/c1-22-14-10-12(6-8-19-14)18(21)20-16-13-7-9-23-17(13)15(16)11-4-2-3-5-11/h6,8,10-11,13,15-17H,2-5,7,9H2,1H3,(H,20,21)/t13-,15+,16-,17-/m1/s1. The molecule has 5 heteroatoms. The van der Waals surface area contributed by atoms with Crippen LogP contribution < -0.4 is 10.1 Å². The van der Waals surface area contributed by atoms with Gasteiger partial charge in [-0.1, -0.05) is 25.7 Å². The third-order valence-corrected chi connectivity index (χ3v) is 5.89. The maximum absolute atomic E-state index is 12.6. The number of hydrogen-bond acceptors (Lipinski definition) is 4. The molecule has 2 saturated carbocycles. The molecule has 23 heavy (non-hydrogen) atoms. The van der Waals surface area contributed by atoms with Gasteiger partial charge in [0.1, 0.15) is 0 Å². The third kappa shape index (κ3) is 2.61. The number of methoxy groups -OCH3 is 1. The molecule has 0 unspecified atom stereocenters. The van der Waals surface area contributed by atoms with Crippen LogP contribution in [0.5, 0.6) is 5.88 Å². The average molecular weight is 316 g/mol. The van der Waals surface area contributed by atoms with E-state index < -0.39 is 0 Å². The molecule has 1 amide bonds. The second kappa shape index (κ2) is 6.11. The lowest BCUT2D eigenvalue weighted by Gasteiger charge is -2.50. The molecule has 124 valence electrons. The molecule has 1 aromatic rings. The predicted octanol–water partition coefficient (Wildman–Crippen LogP) is 2.41. The average Bonchev–Trinajstić information content (AvgIpc) is 3.23. The highest BCUT2D eigenvalue weighted by molar-refractivity contribution is 5.94. The lowest BCUT2D eigenvalue weighted by molar-refractivity contribution is -0.0784. The molecular weight excluding hydrogens is 292 g/mol. The van der Waals surface area contributed by atoms with E-state index in [1.54, 1.807) is 25.4 Å². The minimum absolute atomic E-state index is 0.0240. The zero-order valence-corrected chi connectivity index (χ0v) is 13.5. The van der Waals surface area contributed by atoms with Crippen LogP contribution in [0.15, 0.2) is 18.3 Å². The van der Waals surface area contributed by atoms with Crippen molar-refractivity contribution in [2.24, 2.45) is 17.8 Å². The molecule has 3 aliphatic rings. The van der Waals surface area contributed by atoms with Gasteiger partial charge in [0, 0.05) is 42.3 Å². The van der Waals surface area contributed by atoms with Gasteiger partial charge in [-0.15, -0.1) is 0 Å². The molecule has 0 aromatic carbocycles. The molecule has 1 N–H and O–H groups in total. The van der Waals surface area contributed by atoms with Gasteiger partial charge in [0.05, 0.1) is 13.2 Å². The van der Waals surface area contributed by atoms with E-state index in [-0.39, 0.29) is 11.9 Å². The Morgan fingerprint density at radius 3 is 2.96 bits per heavy atom. The molecule has 2 heterocycles. The summed E-state index contributed by atoms with van der Waals surface area (Å²) < 4.78 is 11.1. The Morgan fingerprint density at radius 2 is 2.17 bits per heavy atom. The highest BCUT2D eigenvalue weighted by atomic mass is 16.5. The molecule has 3 fully saturated rings. The van der Waals surface area contributed by atoms with Crippen LogP contribution in [0.4, 0.5) is 0 Å². The molecule has 2 aliphatic carbocycles. The smallest absolute Gasteiger partial charge is 0.251 e. The van der Waals surface area contributed by atoms with Crippen LogP contribution in [-0.2, 0) is 4.74 Å². The van der Waals surface area contributed by atoms with Crippen molar-refractivity contribution in [3.8, 4) is 5.88 Å². The Kier molecular flexibility index (Phi) is 3.97. The van der Waals surface area contributed by atoms with E-state index in [2.05, 4.69) is 10.3 Å². The molecule has 1 aliphatic heterocycles. The van der Waals surface area contributed by atoms with Gasteiger partial charge in [-0.25, -0.2) is 4.98 Å². The van der Waals surface area contributed by atoms with Gasteiger partial charge in [0.15, 0.2) is 0 Å². The van der Waals surface area contributed by atoms with Gasteiger partial charge in [-0.05, 0) is 18.4 Å². The Balaban J connectivity index is 1.48. The molecule has 1 aromatic heterocycles. The Morgan fingerprint density at radius 1 is 1.35 bits per heavy atom. The summed E-state index contributed by atoms with van der Waals surface area (Å²) in [5.74, 6) is 2.15. The SMILES string of the molecule is COc1cc(C(=O)N[C@@H]2[C@H]3CCO[C@H]3[C@H]2C2CCCC2)ccn1. The summed E-state index contributed by atoms with van der Waals surface area (Å²) in [7, 11) is 1.56. The van der Waals surface area contributed by atoms with Gasteiger partial charge in [-0.2, -0.15) is 0 Å². The van der Waals surface area contributed by atoms with Gasteiger partial charge in [0.2, 0.25) is 5.88 Å². The first kappa shape index (κ1) is 14.9. The fourth-order valence-corrected chi connectivity index (χ4v) is 4.76. The number of fused-ring (bicyclic) bond motifs is 1. The van der Waals surface area contributed by atoms with Gasteiger partial charge >= 0.3 is 0 Å². The van der Waals surface area contributed by atoms with E-state index in [1.165, 1.54) is 25.7 Å². The van der Waals surface area contributed by atoms with Crippen LogP contribution in [0.2, 0.25) is 0 Å². The molecule has 5 nitrogen and oxygen atoms in total. The summed E-state index contributed by atoms with van der Waals surface area (Å²) in [4.78, 5) is 16.7. The molecule has 0 bridgehead atoms. The van der Waals surface area contributed by atoms with Crippen LogP contribution in [0.1, 0.15) is 42.5 Å². The van der Waals surface area contributed by atoms with Crippen molar-refractivity contribution in [3.63, 3.8) is 0 Å². The van der Waals surface area contributed by atoms with Crippen molar-refractivity contribution >= 4 is 5.91 Å². The number of amides is 1. The number of carbonyl (C=O) groups excluding carboxylic acids is 1. The monoisotopic (exact) mass is 316 g/mol. The van der Waals surface area contributed by atoms with Crippen LogP contribution in [-0.4, -0.2) is 36.8 Å². The Bertz CT molecular complexity index is 581. The van der Waals surface area contributed by atoms with Crippen molar-refractivity contribution in [3.05, 3.63) is 23.9 Å². The third-order valence-electron chi connectivity index (χ3n) is 5.89. The van der Waals surface area contributed by atoms with Crippen molar-refractivity contribution in [1.29, 1.82) is 0 Å². The summed E-state index contributed by atoms with van der Waals surface area (Å²) in [6, 6.07) is 3.70. The Labute approximate surface area is 136 Å². The summed E-state index contributed by atoms with van der Waals surface area (Å²) >= 11 is 0. The van der Waals surface area contributed by atoms with E-state index >= 15 is 0 Å². The minimum atomic E-state index is -0.0240. The van der Waals surface area contributed by atoms with E-state index in [1.807, 2.05) is 0 Å². The van der Waals surface area contributed by atoms with E-state index in [9.17, 15) is 4.79 Å². The Hall–Kier alpha value is -1.62. The molecule has 4 rings (SSSR count). The van der Waals surface area contributed by atoms with E-state index in [0.29, 0.717) is 35.3 Å².